The average Bonchev–Trinajstić information content (AvgIpc) is 2.93. The molecule has 0 unspecified atom stereocenters. The Hall–Kier alpha value is -3.75. The number of hydrogen-bond acceptors (Lipinski definition) is 4. The Bertz CT molecular complexity index is 1130. The number of carboxylic acids is 1. The molecule has 3 aromatic rings. The lowest BCUT2D eigenvalue weighted by Crippen LogP contribution is -2.21. The summed E-state index contributed by atoms with van der Waals surface area (Å²) >= 11 is 0. The van der Waals surface area contributed by atoms with Crippen LogP contribution in [0.25, 0.3) is 11.1 Å². The second-order valence-corrected chi connectivity index (χ2v) is 6.99. The molecule has 5 nitrogen and oxygen atoms in total. The number of benzene rings is 2. The third-order valence-electron chi connectivity index (χ3n) is 4.60. The average molecular weight is 445 g/mol. The fourth-order valence-corrected chi connectivity index (χ4v) is 3.08. The maximum Gasteiger partial charge on any atom is 0.490 e. The molecule has 166 valence electrons. The molecule has 1 atom stereocenters. The van der Waals surface area contributed by atoms with Gasteiger partial charge in [0.1, 0.15) is 5.82 Å². The molecule has 0 radical (unpaired) electrons. The minimum absolute atomic E-state index is 0.0615. The number of halogens is 4. The molecule has 2 heterocycles. The van der Waals surface area contributed by atoms with Crippen molar-refractivity contribution in [3.05, 3.63) is 83.9 Å². The summed E-state index contributed by atoms with van der Waals surface area (Å²) in [5.74, 6) is -3.01. The number of hydrogen-bond donors (Lipinski definition) is 2. The quantitative estimate of drug-likeness (QED) is 0.534. The van der Waals surface area contributed by atoms with Crippen molar-refractivity contribution in [2.24, 2.45) is 4.99 Å². The maximum atomic E-state index is 14.4. The second-order valence-electron chi connectivity index (χ2n) is 6.99. The number of aromatic nitrogens is 1. The van der Waals surface area contributed by atoms with Gasteiger partial charge in [-0.1, -0.05) is 18.2 Å². The monoisotopic (exact) mass is 445 g/mol. The summed E-state index contributed by atoms with van der Waals surface area (Å²) < 4.78 is 46.2. The van der Waals surface area contributed by atoms with Crippen LogP contribution in [-0.2, 0) is 4.79 Å². The number of alkyl halides is 3. The number of aliphatic carboxylic acids is 1. The number of rotatable bonds is 2. The van der Waals surface area contributed by atoms with Gasteiger partial charge in [-0.25, -0.2) is 9.18 Å². The summed E-state index contributed by atoms with van der Waals surface area (Å²) in [6.07, 6.45) is -1.54. The van der Waals surface area contributed by atoms with E-state index in [4.69, 9.17) is 14.9 Å². The summed E-state index contributed by atoms with van der Waals surface area (Å²) in [6, 6.07) is 17.0. The number of fused-ring (bicyclic) bond motifs is 1. The van der Waals surface area contributed by atoms with E-state index in [1.807, 2.05) is 31.2 Å². The molecule has 1 aliphatic heterocycles. The molecule has 0 bridgehead atoms. The molecular formula is C23H19F4N3O2. The van der Waals surface area contributed by atoms with Gasteiger partial charge >= 0.3 is 12.1 Å². The van der Waals surface area contributed by atoms with Gasteiger partial charge in [-0.05, 0) is 54.4 Å². The summed E-state index contributed by atoms with van der Waals surface area (Å²) in [4.78, 5) is 17.8. The topological polar surface area (TPSA) is 74.6 Å². The third kappa shape index (κ3) is 5.48. The van der Waals surface area contributed by atoms with Gasteiger partial charge in [0.05, 0.1) is 11.8 Å². The minimum atomic E-state index is -5.08. The van der Waals surface area contributed by atoms with Crippen LogP contribution in [0.5, 0.6) is 0 Å². The first-order valence-corrected chi connectivity index (χ1v) is 9.58. The van der Waals surface area contributed by atoms with Crippen LogP contribution in [0, 0.1) is 5.82 Å². The summed E-state index contributed by atoms with van der Waals surface area (Å²) in [5.41, 5.74) is 5.25. The van der Waals surface area contributed by atoms with Crippen LogP contribution in [0.2, 0.25) is 0 Å². The Kier molecular flexibility index (Phi) is 6.87. The van der Waals surface area contributed by atoms with Crippen LogP contribution in [-0.4, -0.2) is 40.5 Å². The van der Waals surface area contributed by atoms with Gasteiger partial charge in [0.15, 0.2) is 0 Å². The normalized spacial score (nSPS) is 15.3. The van der Waals surface area contributed by atoms with Crippen LogP contribution < -0.4 is 5.32 Å². The molecule has 0 spiro atoms. The van der Waals surface area contributed by atoms with E-state index in [-0.39, 0.29) is 11.9 Å². The van der Waals surface area contributed by atoms with E-state index in [0.29, 0.717) is 11.3 Å². The Morgan fingerprint density at radius 3 is 2.31 bits per heavy atom. The van der Waals surface area contributed by atoms with Gasteiger partial charge < -0.3 is 10.4 Å². The first kappa shape index (κ1) is 22.9. The molecule has 0 saturated heterocycles. The molecule has 32 heavy (non-hydrogen) atoms. The zero-order valence-corrected chi connectivity index (χ0v) is 16.9. The number of nitrogens with one attached hydrogen (secondary N) is 1. The van der Waals surface area contributed by atoms with Crippen LogP contribution in [0.1, 0.15) is 18.1 Å². The van der Waals surface area contributed by atoms with E-state index < -0.39 is 12.1 Å². The van der Waals surface area contributed by atoms with E-state index in [0.717, 1.165) is 28.9 Å². The number of benzodiazepines with no additional fused rings is 1. The lowest BCUT2D eigenvalue weighted by molar-refractivity contribution is -0.192. The summed E-state index contributed by atoms with van der Waals surface area (Å²) in [6.45, 7) is 2.75. The van der Waals surface area contributed by atoms with Crippen molar-refractivity contribution in [2.45, 2.75) is 19.1 Å². The Balaban J connectivity index is 0.000000360. The second kappa shape index (κ2) is 9.59. The molecule has 4 rings (SSSR count). The first-order valence-electron chi connectivity index (χ1n) is 9.58. The predicted molar refractivity (Wildman–Crippen MR) is 113 cm³/mol. The highest BCUT2D eigenvalue weighted by molar-refractivity contribution is 6.17. The van der Waals surface area contributed by atoms with Gasteiger partial charge in [0, 0.05) is 35.8 Å². The van der Waals surface area contributed by atoms with Crippen molar-refractivity contribution in [1.29, 1.82) is 0 Å². The lowest BCUT2D eigenvalue weighted by atomic mass is 9.96. The maximum absolute atomic E-state index is 14.4. The number of carbonyl (C=O) groups is 1. The molecular weight excluding hydrogens is 426 g/mol. The fraction of sp³-hybridized carbons (Fsp3) is 0.174. The zero-order chi connectivity index (χ0) is 23.3. The standard InChI is InChI=1S/C21H18FN3.C2HF3O2/c1-14-13-24-20-7-6-16(15-8-10-23-11-9-15)12-18(20)21(25-14)17-4-2-3-5-19(17)22;3-2(4,5)1(6)7/h2-12,14,24H,13H2,1H3;(H,6,7)/t14-;/m0./s1. The molecule has 0 aliphatic carbocycles. The van der Waals surface area contributed by atoms with Crippen molar-refractivity contribution >= 4 is 17.4 Å². The third-order valence-corrected chi connectivity index (χ3v) is 4.60. The smallest absolute Gasteiger partial charge is 0.475 e. The van der Waals surface area contributed by atoms with Crippen molar-refractivity contribution in [1.82, 2.24) is 4.98 Å². The van der Waals surface area contributed by atoms with E-state index in [9.17, 15) is 17.6 Å². The molecule has 0 saturated carbocycles. The van der Waals surface area contributed by atoms with Crippen LogP contribution in [0.4, 0.5) is 23.2 Å². The Morgan fingerprint density at radius 2 is 1.69 bits per heavy atom. The van der Waals surface area contributed by atoms with E-state index in [1.165, 1.54) is 6.07 Å². The van der Waals surface area contributed by atoms with E-state index in [2.05, 4.69) is 22.4 Å². The SMILES string of the molecule is C[C@H]1CNc2ccc(-c3ccncc3)cc2C(c2ccccc2F)=N1.O=C(O)C(F)(F)F. The Morgan fingerprint density at radius 1 is 1.03 bits per heavy atom. The van der Waals surface area contributed by atoms with Crippen molar-refractivity contribution in [2.75, 3.05) is 11.9 Å². The predicted octanol–water partition coefficient (Wildman–Crippen LogP) is 5.17. The van der Waals surface area contributed by atoms with Gasteiger partial charge in [0.2, 0.25) is 0 Å². The number of aliphatic imine (C=N–C) groups is 1. The van der Waals surface area contributed by atoms with Gasteiger partial charge in [0.25, 0.3) is 0 Å². The van der Waals surface area contributed by atoms with Crippen LogP contribution >= 0.6 is 0 Å². The highest BCUT2D eigenvalue weighted by atomic mass is 19.4. The van der Waals surface area contributed by atoms with Crippen molar-refractivity contribution in [3.63, 3.8) is 0 Å². The molecule has 9 heteroatoms. The highest BCUT2D eigenvalue weighted by Crippen LogP contribution is 2.30. The summed E-state index contributed by atoms with van der Waals surface area (Å²) in [5, 5.41) is 10.5. The van der Waals surface area contributed by atoms with E-state index in [1.54, 1.807) is 24.5 Å². The van der Waals surface area contributed by atoms with Crippen molar-refractivity contribution in [3.8, 4) is 11.1 Å². The number of carboxylic acid groups (broad SMARTS) is 1. The lowest BCUT2D eigenvalue weighted by Gasteiger charge is -2.13. The number of nitrogens with zero attached hydrogens (tertiary/aromatic N) is 2. The van der Waals surface area contributed by atoms with Gasteiger partial charge in [-0.2, -0.15) is 13.2 Å². The van der Waals surface area contributed by atoms with Crippen LogP contribution in [0.15, 0.2) is 72.0 Å². The van der Waals surface area contributed by atoms with Gasteiger partial charge in [-0.15, -0.1) is 0 Å². The minimum Gasteiger partial charge on any atom is -0.475 e. The van der Waals surface area contributed by atoms with Crippen LogP contribution in [0.3, 0.4) is 0 Å². The molecule has 2 aromatic carbocycles. The Labute approximate surface area is 181 Å². The molecule has 2 N–H and O–H groups in total. The molecule has 1 aliphatic rings. The molecule has 0 amide bonds. The van der Waals surface area contributed by atoms with Gasteiger partial charge in [-0.3, -0.25) is 9.98 Å². The van der Waals surface area contributed by atoms with E-state index >= 15 is 0 Å². The van der Waals surface area contributed by atoms with Crippen molar-refractivity contribution < 1.29 is 27.5 Å². The number of pyridine rings is 1. The fourth-order valence-electron chi connectivity index (χ4n) is 3.08. The molecule has 1 aromatic heterocycles. The number of anilines is 1. The molecule has 0 fully saturated rings. The highest BCUT2D eigenvalue weighted by Gasteiger charge is 2.38. The summed E-state index contributed by atoms with van der Waals surface area (Å²) in [7, 11) is 0. The largest absolute Gasteiger partial charge is 0.490 e. The first-order chi connectivity index (χ1) is 15.2. The zero-order valence-electron chi connectivity index (χ0n) is 16.9.